The highest BCUT2D eigenvalue weighted by Gasteiger charge is 2.25. The summed E-state index contributed by atoms with van der Waals surface area (Å²) in [5.41, 5.74) is 0.325. The number of amides is 1. The van der Waals surface area contributed by atoms with Crippen LogP contribution in [-0.2, 0) is 4.74 Å². The van der Waals surface area contributed by atoms with E-state index in [1.54, 1.807) is 17.0 Å². The zero-order valence-corrected chi connectivity index (χ0v) is 18.0. The maximum absolute atomic E-state index is 14.4. The summed E-state index contributed by atoms with van der Waals surface area (Å²) in [6.07, 6.45) is 1.08. The van der Waals surface area contributed by atoms with E-state index in [1.807, 2.05) is 25.7 Å². The molecule has 1 amide bonds. The number of carbonyl (C=O) groups is 1. The Morgan fingerprint density at radius 2 is 1.74 bits per heavy atom. The molecule has 0 spiro atoms. The first-order valence-electron chi connectivity index (χ1n) is 10.1. The summed E-state index contributed by atoms with van der Waals surface area (Å²) in [5.74, 6) is -0.401. The topological polar surface area (TPSA) is 54.4 Å². The Labute approximate surface area is 181 Å². The second-order valence-corrected chi connectivity index (χ2v) is 8.28. The van der Waals surface area contributed by atoms with Gasteiger partial charge in [0.2, 0.25) is 0 Å². The lowest BCUT2D eigenvalue weighted by Gasteiger charge is -2.35. The van der Waals surface area contributed by atoms with Gasteiger partial charge in [-0.05, 0) is 57.2 Å². The van der Waals surface area contributed by atoms with Crippen LogP contribution in [0.3, 0.4) is 0 Å². The third-order valence-electron chi connectivity index (χ3n) is 4.59. The molecule has 0 unspecified atom stereocenters. The molecule has 0 atom stereocenters. The van der Waals surface area contributed by atoms with Crippen LogP contribution in [0.25, 0.3) is 0 Å². The van der Waals surface area contributed by atoms with Crippen LogP contribution in [0.4, 0.5) is 19.3 Å². The summed E-state index contributed by atoms with van der Waals surface area (Å²) in [6, 6.07) is 10.2. The maximum atomic E-state index is 14.4. The molecule has 0 aliphatic carbocycles. The number of rotatable bonds is 5. The molecule has 1 heterocycles. The highest BCUT2D eigenvalue weighted by atomic mass is 19.1. The first kappa shape index (κ1) is 22.7. The van der Waals surface area contributed by atoms with Crippen LogP contribution in [0.5, 0.6) is 5.75 Å². The van der Waals surface area contributed by atoms with Crippen molar-refractivity contribution < 1.29 is 23.0 Å². The molecule has 1 aliphatic rings. The van der Waals surface area contributed by atoms with Gasteiger partial charge in [-0.15, -0.1) is 0 Å². The lowest BCUT2D eigenvalue weighted by atomic mass is 10.2. The number of nitrogens with zero attached hydrogens (tertiary/aromatic N) is 3. The summed E-state index contributed by atoms with van der Waals surface area (Å²) >= 11 is 0. The van der Waals surface area contributed by atoms with Gasteiger partial charge >= 0.3 is 6.09 Å². The van der Waals surface area contributed by atoms with Crippen LogP contribution in [0.15, 0.2) is 47.5 Å². The van der Waals surface area contributed by atoms with Gasteiger partial charge in [0.25, 0.3) is 0 Å². The van der Waals surface area contributed by atoms with E-state index in [4.69, 9.17) is 9.47 Å². The molecule has 2 aromatic carbocycles. The zero-order valence-electron chi connectivity index (χ0n) is 18.0. The summed E-state index contributed by atoms with van der Waals surface area (Å²) < 4.78 is 38.4. The fraction of sp³-hybridized carbons (Fsp3) is 0.391. The molecule has 1 fully saturated rings. The second kappa shape index (κ2) is 9.87. The van der Waals surface area contributed by atoms with Crippen molar-refractivity contribution in [2.75, 3.05) is 32.9 Å². The first-order chi connectivity index (χ1) is 14.7. The number of hydrogen-bond acceptors (Lipinski definition) is 5. The third-order valence-corrected chi connectivity index (χ3v) is 4.59. The summed E-state index contributed by atoms with van der Waals surface area (Å²) in [7, 11) is 0. The summed E-state index contributed by atoms with van der Waals surface area (Å²) in [5, 5.41) is 0. The highest BCUT2D eigenvalue weighted by molar-refractivity contribution is 5.82. The van der Waals surface area contributed by atoms with Crippen LogP contribution in [-0.4, -0.2) is 60.6 Å². The van der Waals surface area contributed by atoms with Gasteiger partial charge in [-0.2, -0.15) is 0 Å². The predicted molar refractivity (Wildman–Crippen MR) is 115 cm³/mol. The smallest absolute Gasteiger partial charge is 0.410 e. The van der Waals surface area contributed by atoms with Crippen molar-refractivity contribution in [2.24, 2.45) is 4.99 Å². The fourth-order valence-electron chi connectivity index (χ4n) is 2.93. The summed E-state index contributed by atoms with van der Waals surface area (Å²) in [6.45, 7) is 8.20. The van der Waals surface area contributed by atoms with Crippen LogP contribution >= 0.6 is 0 Å². The molecule has 1 saturated heterocycles. The largest absolute Gasteiger partial charge is 0.478 e. The normalized spacial score (nSPS) is 15.3. The van der Waals surface area contributed by atoms with Gasteiger partial charge in [0.05, 0.1) is 5.69 Å². The van der Waals surface area contributed by atoms with E-state index in [0.29, 0.717) is 49.9 Å². The van der Waals surface area contributed by atoms with E-state index in [2.05, 4.69) is 4.99 Å². The van der Waals surface area contributed by atoms with Crippen LogP contribution < -0.4 is 4.74 Å². The van der Waals surface area contributed by atoms with Gasteiger partial charge in [0.1, 0.15) is 29.7 Å². The number of halogens is 2. The molecule has 166 valence electrons. The quantitative estimate of drug-likeness (QED) is 0.649. The third kappa shape index (κ3) is 7.03. The molecule has 0 N–H and O–H groups in total. The molecule has 0 aromatic heterocycles. The zero-order chi connectivity index (χ0) is 22.4. The van der Waals surface area contributed by atoms with E-state index >= 15 is 0 Å². The molecular weight excluding hydrogens is 404 g/mol. The van der Waals surface area contributed by atoms with Crippen molar-refractivity contribution in [1.29, 1.82) is 0 Å². The average Bonchev–Trinajstić information content (AvgIpc) is 2.72. The van der Waals surface area contributed by atoms with E-state index in [0.717, 1.165) is 0 Å². The minimum atomic E-state index is -0.517. The maximum Gasteiger partial charge on any atom is 0.410 e. The van der Waals surface area contributed by atoms with Gasteiger partial charge in [-0.3, -0.25) is 9.89 Å². The number of hydrogen-bond donors (Lipinski definition) is 0. The van der Waals surface area contributed by atoms with Crippen molar-refractivity contribution in [3.05, 3.63) is 59.7 Å². The molecule has 8 heteroatoms. The van der Waals surface area contributed by atoms with Crippen molar-refractivity contribution in [1.82, 2.24) is 9.80 Å². The summed E-state index contributed by atoms with van der Waals surface area (Å²) in [4.78, 5) is 20.0. The molecule has 2 aromatic rings. The molecular formula is C23H27F2N3O3. The van der Waals surface area contributed by atoms with Crippen molar-refractivity contribution in [2.45, 2.75) is 26.4 Å². The Hall–Kier alpha value is -3.00. The van der Waals surface area contributed by atoms with Gasteiger partial charge < -0.3 is 14.4 Å². The number of ether oxygens (including phenoxy) is 2. The minimum absolute atomic E-state index is 0.296. The number of benzene rings is 2. The van der Waals surface area contributed by atoms with Crippen LogP contribution in [0, 0.1) is 11.6 Å². The van der Waals surface area contributed by atoms with E-state index in [1.165, 1.54) is 36.5 Å². The molecule has 0 saturated carbocycles. The Bertz CT molecular complexity index is 919. The van der Waals surface area contributed by atoms with Crippen LogP contribution in [0.2, 0.25) is 0 Å². The fourth-order valence-corrected chi connectivity index (χ4v) is 2.93. The molecule has 0 radical (unpaired) electrons. The van der Waals surface area contributed by atoms with Crippen molar-refractivity contribution in [3.63, 3.8) is 0 Å². The first-order valence-corrected chi connectivity index (χ1v) is 10.1. The van der Waals surface area contributed by atoms with E-state index in [9.17, 15) is 13.6 Å². The molecule has 31 heavy (non-hydrogen) atoms. The Morgan fingerprint density at radius 1 is 1.06 bits per heavy atom. The number of aliphatic imine (C=N–C) groups is 1. The Morgan fingerprint density at radius 3 is 2.35 bits per heavy atom. The van der Waals surface area contributed by atoms with Crippen LogP contribution in [0.1, 0.15) is 26.3 Å². The van der Waals surface area contributed by atoms with Gasteiger partial charge in [-0.25, -0.2) is 13.6 Å². The molecule has 1 aliphatic heterocycles. The van der Waals surface area contributed by atoms with Crippen molar-refractivity contribution in [3.8, 4) is 5.75 Å². The number of piperazine rings is 1. The van der Waals surface area contributed by atoms with E-state index < -0.39 is 11.4 Å². The monoisotopic (exact) mass is 431 g/mol. The molecule has 6 nitrogen and oxygen atoms in total. The molecule has 3 rings (SSSR count). The number of carbonyl (C=O) groups excluding carboxylic acids is 1. The standard InChI is InChI=1S/C23H27F2N3O3/c1-23(2,3)31-22(29)28-12-10-27(11-13-28)16-30-20-9-4-17(21(25)14-20)15-26-19-7-5-18(24)6-8-19/h4-9,14-15H,10-13,16H2,1-3H3. The Balaban J connectivity index is 1.48. The SMILES string of the molecule is CC(C)(C)OC(=O)N1CCN(COc2ccc(C=Nc3ccc(F)cc3)c(F)c2)CC1. The van der Waals surface area contributed by atoms with Gasteiger partial charge in [0.15, 0.2) is 0 Å². The second-order valence-electron chi connectivity index (χ2n) is 8.28. The lowest BCUT2D eigenvalue weighted by Crippen LogP contribution is -2.50. The van der Waals surface area contributed by atoms with Gasteiger partial charge in [0, 0.05) is 44.0 Å². The highest BCUT2D eigenvalue weighted by Crippen LogP contribution is 2.18. The molecule has 0 bridgehead atoms. The lowest BCUT2D eigenvalue weighted by molar-refractivity contribution is 0.00679. The Kier molecular flexibility index (Phi) is 7.22. The van der Waals surface area contributed by atoms with Gasteiger partial charge in [-0.1, -0.05) is 0 Å². The predicted octanol–water partition coefficient (Wildman–Crippen LogP) is 4.60. The average molecular weight is 431 g/mol. The minimum Gasteiger partial charge on any atom is -0.478 e. The van der Waals surface area contributed by atoms with Crippen molar-refractivity contribution >= 4 is 18.0 Å². The van der Waals surface area contributed by atoms with E-state index in [-0.39, 0.29) is 11.9 Å².